The number of carbonyl (C=O) groups excluding carboxylic acids is 3. The van der Waals surface area contributed by atoms with Crippen molar-refractivity contribution in [2.45, 2.75) is 0 Å². The molecule has 0 spiro atoms. The molecule has 0 unspecified atom stereocenters. The quantitative estimate of drug-likeness (QED) is 0.592. The monoisotopic (exact) mass is 534 g/mol. The lowest BCUT2D eigenvalue weighted by molar-refractivity contribution is -0.139. The van der Waals surface area contributed by atoms with E-state index in [4.69, 9.17) is 9.47 Å². The highest BCUT2D eigenvalue weighted by Crippen LogP contribution is 2.43. The van der Waals surface area contributed by atoms with Crippen molar-refractivity contribution in [3.63, 3.8) is 0 Å². The molecule has 8 nitrogen and oxygen atoms in total. The van der Waals surface area contributed by atoms with E-state index in [-0.39, 0.29) is 28.9 Å². The van der Waals surface area contributed by atoms with Crippen LogP contribution in [0, 0.1) is 0 Å². The third-order valence-electron chi connectivity index (χ3n) is 4.21. The Morgan fingerprint density at radius 1 is 1.32 bits per heavy atom. The van der Waals surface area contributed by atoms with Gasteiger partial charge in [0.25, 0.3) is 11.1 Å². The van der Waals surface area contributed by atoms with Gasteiger partial charge < -0.3 is 19.5 Å². The molecule has 2 aliphatic heterocycles. The van der Waals surface area contributed by atoms with Gasteiger partial charge in [-0.15, -0.1) is 0 Å². The normalized spacial score (nSPS) is 18.9. The molecule has 1 N–H and O–H groups in total. The molecule has 1 aromatic rings. The fourth-order valence-electron chi connectivity index (χ4n) is 2.70. The molecular weight excluding hydrogens is 520 g/mol. The lowest BCUT2D eigenvalue weighted by atomic mass is 10.2. The maximum atomic E-state index is 12.7. The number of imide groups is 1. The number of phenols is 1. The minimum atomic E-state index is -0.535. The predicted octanol–water partition coefficient (Wildman–Crippen LogP) is 2.82. The number of carbonyl (C=O) groups is 3. The van der Waals surface area contributed by atoms with Crippen LogP contribution in [0.5, 0.6) is 11.5 Å². The van der Waals surface area contributed by atoms with Crippen molar-refractivity contribution in [3.05, 3.63) is 25.5 Å². The van der Waals surface area contributed by atoms with Crippen LogP contribution in [-0.4, -0.2) is 71.9 Å². The first kappa shape index (κ1) is 21.2. The second-order valence-corrected chi connectivity index (χ2v) is 8.48. The summed E-state index contributed by atoms with van der Waals surface area (Å²) in [5.41, 5.74) is 0.534. The molecule has 0 radical (unpaired) electrons. The van der Waals surface area contributed by atoms with E-state index in [0.29, 0.717) is 40.8 Å². The van der Waals surface area contributed by atoms with Gasteiger partial charge in [-0.05, 0) is 61.3 Å². The molecule has 0 aromatic heterocycles. The molecule has 150 valence electrons. The van der Waals surface area contributed by atoms with Crippen molar-refractivity contribution in [3.8, 4) is 11.5 Å². The van der Waals surface area contributed by atoms with Crippen LogP contribution in [0.2, 0.25) is 0 Å². The fraction of sp³-hybridized carbons (Fsp3) is 0.353. The van der Waals surface area contributed by atoms with Crippen LogP contribution in [0.3, 0.4) is 0 Å². The number of hydrogen-bond acceptors (Lipinski definition) is 7. The van der Waals surface area contributed by atoms with Gasteiger partial charge in [0.05, 0.1) is 29.7 Å². The summed E-state index contributed by atoms with van der Waals surface area (Å²) < 4.78 is 11.2. The predicted molar refractivity (Wildman–Crippen MR) is 110 cm³/mol. The molecule has 2 fully saturated rings. The minimum absolute atomic E-state index is 0.0873. The lowest BCUT2D eigenvalue weighted by Crippen LogP contribution is -2.46. The summed E-state index contributed by atoms with van der Waals surface area (Å²) in [5.74, 6) is -0.701. The number of phenolic OH excluding ortho intramolecular Hbond substituents is 1. The van der Waals surface area contributed by atoms with Gasteiger partial charge >= 0.3 is 0 Å². The Balaban J connectivity index is 1.81. The zero-order valence-electron chi connectivity index (χ0n) is 14.7. The van der Waals surface area contributed by atoms with Gasteiger partial charge in [0.2, 0.25) is 5.91 Å². The summed E-state index contributed by atoms with van der Waals surface area (Å²) in [7, 11) is 1.41. The number of aromatic hydroxyl groups is 1. The van der Waals surface area contributed by atoms with Gasteiger partial charge in [-0.2, -0.15) is 0 Å². The largest absolute Gasteiger partial charge is 0.503 e. The highest BCUT2D eigenvalue weighted by molar-refractivity contribution is 9.13. The molecule has 1 aromatic carbocycles. The molecule has 0 atom stereocenters. The highest BCUT2D eigenvalue weighted by Gasteiger charge is 2.37. The van der Waals surface area contributed by atoms with Crippen LogP contribution in [0.1, 0.15) is 5.56 Å². The number of ether oxygens (including phenoxy) is 2. The van der Waals surface area contributed by atoms with Crippen molar-refractivity contribution < 1.29 is 29.0 Å². The Kier molecular flexibility index (Phi) is 6.69. The van der Waals surface area contributed by atoms with Crippen LogP contribution in [0.25, 0.3) is 6.08 Å². The molecule has 0 aliphatic carbocycles. The number of hydrogen-bond donors (Lipinski definition) is 1. The third-order valence-corrected chi connectivity index (χ3v) is 7.28. The Labute approximate surface area is 182 Å². The van der Waals surface area contributed by atoms with E-state index in [2.05, 4.69) is 31.9 Å². The SMILES string of the molecule is COc1cc(/C=C2/SC(=O)N(CC(=O)N3CCOCC3)C2=O)c(Br)c(Br)c1O. The zero-order valence-corrected chi connectivity index (χ0v) is 18.7. The Bertz CT molecular complexity index is 870. The zero-order chi connectivity index (χ0) is 20.4. The summed E-state index contributed by atoms with van der Waals surface area (Å²) in [6.45, 7) is 1.47. The first-order chi connectivity index (χ1) is 13.3. The molecule has 2 heterocycles. The van der Waals surface area contributed by atoms with Crippen molar-refractivity contribution >= 4 is 66.8 Å². The molecule has 2 aliphatic rings. The molecule has 3 amide bonds. The summed E-state index contributed by atoms with van der Waals surface area (Å²) >= 11 is 7.36. The lowest BCUT2D eigenvalue weighted by Gasteiger charge is -2.28. The van der Waals surface area contributed by atoms with E-state index in [9.17, 15) is 19.5 Å². The van der Waals surface area contributed by atoms with Gasteiger partial charge in [0, 0.05) is 17.6 Å². The molecule has 0 saturated carbocycles. The molecular formula is C17H16Br2N2O6S. The molecule has 28 heavy (non-hydrogen) atoms. The average Bonchev–Trinajstić information content (AvgIpc) is 2.96. The van der Waals surface area contributed by atoms with Gasteiger partial charge in [0.15, 0.2) is 11.5 Å². The van der Waals surface area contributed by atoms with E-state index < -0.39 is 11.1 Å². The molecule has 3 rings (SSSR count). The first-order valence-electron chi connectivity index (χ1n) is 8.19. The number of thioether (sulfide) groups is 1. The maximum absolute atomic E-state index is 12.7. The van der Waals surface area contributed by atoms with Crippen molar-refractivity contribution in [1.29, 1.82) is 0 Å². The van der Waals surface area contributed by atoms with Crippen molar-refractivity contribution in [2.75, 3.05) is 40.0 Å². The standard InChI is InChI=1S/C17H16Br2N2O6S/c1-26-10-6-9(13(18)14(19)15(10)23)7-11-16(24)21(17(25)28-11)8-12(22)20-2-4-27-5-3-20/h6-7,23H,2-5,8H2,1H3/b11-7+. The van der Waals surface area contributed by atoms with E-state index >= 15 is 0 Å². The minimum Gasteiger partial charge on any atom is -0.503 e. The summed E-state index contributed by atoms with van der Waals surface area (Å²) in [6, 6.07) is 1.54. The molecule has 0 bridgehead atoms. The third kappa shape index (κ3) is 4.22. The van der Waals surface area contributed by atoms with E-state index in [1.54, 1.807) is 4.90 Å². The van der Waals surface area contributed by atoms with E-state index in [1.165, 1.54) is 19.3 Å². The van der Waals surface area contributed by atoms with Crippen LogP contribution < -0.4 is 4.74 Å². The highest BCUT2D eigenvalue weighted by atomic mass is 79.9. The summed E-state index contributed by atoms with van der Waals surface area (Å²) in [6.07, 6.45) is 1.51. The molecule has 11 heteroatoms. The topological polar surface area (TPSA) is 96.4 Å². The van der Waals surface area contributed by atoms with Crippen LogP contribution in [0.15, 0.2) is 19.9 Å². The summed E-state index contributed by atoms with van der Waals surface area (Å²) in [4.78, 5) is 40.0. The summed E-state index contributed by atoms with van der Waals surface area (Å²) in [5, 5.41) is 9.51. The number of morpholine rings is 1. The number of methoxy groups -OCH3 is 1. The van der Waals surface area contributed by atoms with Gasteiger partial charge in [0.1, 0.15) is 6.54 Å². The Morgan fingerprint density at radius 2 is 2.00 bits per heavy atom. The second kappa shape index (κ2) is 8.85. The van der Waals surface area contributed by atoms with Crippen LogP contribution in [-0.2, 0) is 14.3 Å². The number of halogens is 2. The van der Waals surface area contributed by atoms with Gasteiger partial charge in [-0.1, -0.05) is 0 Å². The van der Waals surface area contributed by atoms with E-state index in [0.717, 1.165) is 16.7 Å². The number of amides is 3. The fourth-order valence-corrected chi connectivity index (χ4v) is 4.37. The number of benzene rings is 1. The van der Waals surface area contributed by atoms with Gasteiger partial charge in [-0.25, -0.2) is 0 Å². The number of nitrogens with zero attached hydrogens (tertiary/aromatic N) is 2. The van der Waals surface area contributed by atoms with E-state index in [1.807, 2.05) is 0 Å². The Hall–Kier alpha value is -1.56. The average molecular weight is 536 g/mol. The second-order valence-electron chi connectivity index (χ2n) is 5.91. The smallest absolute Gasteiger partial charge is 0.294 e. The Morgan fingerprint density at radius 3 is 2.64 bits per heavy atom. The van der Waals surface area contributed by atoms with Crippen molar-refractivity contribution in [2.24, 2.45) is 0 Å². The first-order valence-corrected chi connectivity index (χ1v) is 10.6. The number of rotatable bonds is 4. The van der Waals surface area contributed by atoms with Crippen LogP contribution >= 0.6 is 43.6 Å². The van der Waals surface area contributed by atoms with Crippen molar-refractivity contribution in [1.82, 2.24) is 9.80 Å². The van der Waals surface area contributed by atoms with Gasteiger partial charge in [-0.3, -0.25) is 19.3 Å². The molecule has 2 saturated heterocycles. The maximum Gasteiger partial charge on any atom is 0.294 e. The van der Waals surface area contributed by atoms with Crippen LogP contribution in [0.4, 0.5) is 4.79 Å².